The smallest absolute Gasteiger partial charge is 0.192 e. The van der Waals surface area contributed by atoms with Crippen LogP contribution in [0.3, 0.4) is 0 Å². The van der Waals surface area contributed by atoms with E-state index in [2.05, 4.69) is 74.6 Å². The van der Waals surface area contributed by atoms with Gasteiger partial charge in [-0.15, -0.1) is 0 Å². The summed E-state index contributed by atoms with van der Waals surface area (Å²) in [6.07, 6.45) is 3.86. The highest BCUT2D eigenvalue weighted by Crippen LogP contribution is 2.27. The summed E-state index contributed by atoms with van der Waals surface area (Å²) in [4.78, 5) is 0. The highest BCUT2D eigenvalue weighted by molar-refractivity contribution is 14.1. The maximum absolute atomic E-state index is 6.72. The molecule has 0 saturated carbocycles. The Morgan fingerprint density at radius 3 is 2.15 bits per heavy atom. The molecule has 0 spiro atoms. The molecule has 114 valence electrons. The van der Waals surface area contributed by atoms with Crippen molar-refractivity contribution in [2.24, 2.45) is 0 Å². The van der Waals surface area contributed by atoms with Gasteiger partial charge in [-0.3, -0.25) is 0 Å². The van der Waals surface area contributed by atoms with Gasteiger partial charge in [0.25, 0.3) is 0 Å². The normalized spacial score (nSPS) is 13.4. The maximum Gasteiger partial charge on any atom is 0.192 e. The molecule has 0 aromatic heterocycles. The van der Waals surface area contributed by atoms with Crippen LogP contribution in [0.5, 0.6) is 0 Å². The predicted molar refractivity (Wildman–Crippen MR) is 99.8 cm³/mol. The molecule has 0 N–H and O–H groups in total. The molecular weight excluding hydrogens is 375 g/mol. The third-order valence-corrected chi connectivity index (χ3v) is 10.1. The van der Waals surface area contributed by atoms with E-state index in [1.807, 2.05) is 0 Å². The van der Waals surface area contributed by atoms with Crippen molar-refractivity contribution in [1.82, 2.24) is 0 Å². The molecule has 0 radical (unpaired) electrons. The van der Waals surface area contributed by atoms with Crippen molar-refractivity contribution < 1.29 is 4.43 Å². The van der Waals surface area contributed by atoms with Gasteiger partial charge in [0.2, 0.25) is 0 Å². The first kappa shape index (κ1) is 18.2. The molecule has 0 bridgehead atoms. The van der Waals surface area contributed by atoms with Crippen LogP contribution in [0, 0.1) is 3.57 Å². The summed E-state index contributed by atoms with van der Waals surface area (Å²) < 4.78 is 8.09. The Kier molecular flexibility index (Phi) is 8.37. The Bertz CT molecular complexity index is 382. The fourth-order valence-electron chi connectivity index (χ4n) is 2.79. The van der Waals surface area contributed by atoms with Crippen LogP contribution in [0.1, 0.15) is 46.1 Å². The summed E-state index contributed by atoms with van der Waals surface area (Å²) in [6, 6.07) is 12.4. The molecule has 0 aliphatic rings. The average Bonchev–Trinajstić information content (AvgIpc) is 2.47. The molecule has 1 rings (SSSR count). The van der Waals surface area contributed by atoms with Gasteiger partial charge in [0, 0.05) is 9.67 Å². The number of hydrogen-bond acceptors (Lipinski definition) is 1. The average molecular weight is 404 g/mol. The predicted octanol–water partition coefficient (Wildman–Crippen LogP) is 6.02. The van der Waals surface area contributed by atoms with Gasteiger partial charge in [-0.25, -0.2) is 0 Å². The quantitative estimate of drug-likeness (QED) is 0.361. The lowest BCUT2D eigenvalue weighted by Gasteiger charge is -2.33. The van der Waals surface area contributed by atoms with Crippen molar-refractivity contribution in [1.29, 1.82) is 0 Å². The van der Waals surface area contributed by atoms with Crippen molar-refractivity contribution >= 4 is 30.9 Å². The van der Waals surface area contributed by atoms with E-state index in [9.17, 15) is 0 Å². The molecule has 1 aromatic carbocycles. The molecule has 0 aliphatic carbocycles. The van der Waals surface area contributed by atoms with Gasteiger partial charge in [0.1, 0.15) is 0 Å². The van der Waals surface area contributed by atoms with Crippen LogP contribution in [0.25, 0.3) is 0 Å². The van der Waals surface area contributed by atoms with Crippen LogP contribution >= 0.6 is 22.6 Å². The van der Waals surface area contributed by atoms with Crippen molar-refractivity contribution in [2.45, 2.75) is 71.2 Å². The van der Waals surface area contributed by atoms with Gasteiger partial charge in [-0.2, -0.15) is 0 Å². The lowest BCUT2D eigenvalue weighted by Crippen LogP contribution is -2.40. The Morgan fingerprint density at radius 1 is 1.05 bits per heavy atom. The van der Waals surface area contributed by atoms with Crippen LogP contribution < -0.4 is 0 Å². The lowest BCUT2D eigenvalue weighted by molar-refractivity contribution is 0.175. The SMILES string of the molecule is CCC[C@H](Cc1ccccc1I)O[Si](CC)(CC)CC. The minimum atomic E-state index is -1.49. The molecule has 0 heterocycles. The van der Waals surface area contributed by atoms with Crippen LogP contribution in [0.2, 0.25) is 18.1 Å². The first-order chi connectivity index (χ1) is 9.60. The van der Waals surface area contributed by atoms with E-state index >= 15 is 0 Å². The fourth-order valence-corrected chi connectivity index (χ4v) is 6.30. The number of rotatable bonds is 9. The number of hydrogen-bond donors (Lipinski definition) is 0. The zero-order valence-electron chi connectivity index (χ0n) is 13.4. The summed E-state index contributed by atoms with van der Waals surface area (Å²) >= 11 is 2.44. The summed E-state index contributed by atoms with van der Waals surface area (Å²) in [6.45, 7) is 9.21. The van der Waals surface area contributed by atoms with Gasteiger partial charge >= 0.3 is 0 Å². The number of halogens is 1. The summed E-state index contributed by atoms with van der Waals surface area (Å²) in [5, 5.41) is 0. The van der Waals surface area contributed by atoms with Crippen molar-refractivity contribution in [3.05, 3.63) is 33.4 Å². The van der Waals surface area contributed by atoms with Gasteiger partial charge in [0.15, 0.2) is 8.32 Å². The second-order valence-electron chi connectivity index (χ2n) is 5.57. The molecular formula is C17H29IOSi. The standard InChI is InChI=1S/C17H29IOSi/c1-5-11-16(19-20(6-2,7-3)8-4)14-15-12-9-10-13-17(15)18/h9-10,12-13,16H,5-8,11,14H2,1-4H3/t16-/m1/s1. The zero-order chi connectivity index (χ0) is 15.0. The van der Waals surface area contributed by atoms with E-state index < -0.39 is 8.32 Å². The molecule has 1 atom stereocenters. The maximum atomic E-state index is 6.72. The fraction of sp³-hybridized carbons (Fsp3) is 0.647. The minimum absolute atomic E-state index is 0.405. The number of benzene rings is 1. The zero-order valence-corrected chi connectivity index (χ0v) is 16.6. The molecule has 0 unspecified atom stereocenters. The largest absolute Gasteiger partial charge is 0.414 e. The van der Waals surface area contributed by atoms with Gasteiger partial charge in [-0.1, -0.05) is 52.3 Å². The second kappa shape index (κ2) is 9.21. The Hall–Kier alpha value is 0.127. The molecule has 0 saturated heterocycles. The first-order valence-electron chi connectivity index (χ1n) is 8.02. The van der Waals surface area contributed by atoms with Crippen LogP contribution in [-0.2, 0) is 10.8 Å². The molecule has 1 aromatic rings. The van der Waals surface area contributed by atoms with Crippen LogP contribution in [0.4, 0.5) is 0 Å². The third kappa shape index (κ3) is 5.15. The second-order valence-corrected chi connectivity index (χ2v) is 11.5. The summed E-state index contributed by atoms with van der Waals surface area (Å²) in [7, 11) is -1.49. The third-order valence-electron chi connectivity index (χ3n) is 4.37. The van der Waals surface area contributed by atoms with E-state index in [1.54, 1.807) is 0 Å². The molecule has 3 heteroatoms. The van der Waals surface area contributed by atoms with Crippen molar-refractivity contribution in [3.63, 3.8) is 0 Å². The lowest BCUT2D eigenvalue weighted by atomic mass is 10.1. The molecule has 0 amide bonds. The van der Waals surface area contributed by atoms with E-state index in [1.165, 1.54) is 40.1 Å². The van der Waals surface area contributed by atoms with Crippen LogP contribution in [-0.4, -0.2) is 14.4 Å². The van der Waals surface area contributed by atoms with Crippen molar-refractivity contribution in [3.8, 4) is 0 Å². The van der Waals surface area contributed by atoms with E-state index in [4.69, 9.17) is 4.43 Å². The van der Waals surface area contributed by atoms with Gasteiger partial charge < -0.3 is 4.43 Å². The minimum Gasteiger partial charge on any atom is -0.414 e. The molecule has 20 heavy (non-hydrogen) atoms. The van der Waals surface area contributed by atoms with E-state index in [0.717, 1.165) is 6.42 Å². The Labute approximate surface area is 139 Å². The molecule has 0 aliphatic heterocycles. The molecule has 0 fully saturated rings. The van der Waals surface area contributed by atoms with Gasteiger partial charge in [0.05, 0.1) is 0 Å². The first-order valence-corrected chi connectivity index (χ1v) is 11.6. The van der Waals surface area contributed by atoms with Crippen LogP contribution in [0.15, 0.2) is 24.3 Å². The Balaban J connectivity index is 2.81. The summed E-state index contributed by atoms with van der Waals surface area (Å²) in [5.41, 5.74) is 1.44. The van der Waals surface area contributed by atoms with Crippen molar-refractivity contribution in [2.75, 3.05) is 0 Å². The monoisotopic (exact) mass is 404 g/mol. The topological polar surface area (TPSA) is 9.23 Å². The van der Waals surface area contributed by atoms with E-state index in [-0.39, 0.29) is 0 Å². The Morgan fingerprint density at radius 2 is 1.65 bits per heavy atom. The van der Waals surface area contributed by atoms with Gasteiger partial charge in [-0.05, 0) is 65.2 Å². The highest BCUT2D eigenvalue weighted by atomic mass is 127. The van der Waals surface area contributed by atoms with E-state index in [0.29, 0.717) is 6.10 Å². The summed E-state index contributed by atoms with van der Waals surface area (Å²) in [5.74, 6) is 0. The molecule has 1 nitrogen and oxygen atoms in total. The highest BCUT2D eigenvalue weighted by Gasteiger charge is 2.31.